The Kier molecular flexibility index (Phi) is 5.62. The van der Waals surface area contributed by atoms with Crippen LogP contribution >= 0.6 is 11.3 Å². The van der Waals surface area contributed by atoms with E-state index in [1.54, 1.807) is 0 Å². The smallest absolute Gasteiger partial charge is 0.308 e. The monoisotopic (exact) mass is 387 g/mol. The van der Waals surface area contributed by atoms with Crippen molar-refractivity contribution in [3.05, 3.63) is 34.2 Å². The first-order chi connectivity index (χ1) is 12.7. The highest BCUT2D eigenvalue weighted by molar-refractivity contribution is 7.14. The minimum atomic E-state index is -0.793. The lowest BCUT2D eigenvalue weighted by Crippen LogP contribution is -2.32. The first-order valence-corrected chi connectivity index (χ1v) is 9.91. The van der Waals surface area contributed by atoms with Gasteiger partial charge >= 0.3 is 5.97 Å². The van der Waals surface area contributed by atoms with Crippen molar-refractivity contribution in [1.82, 2.24) is 9.88 Å². The number of rotatable bonds is 5. The Morgan fingerprint density at radius 1 is 1.22 bits per heavy atom. The van der Waals surface area contributed by atoms with Gasteiger partial charge in [-0.1, -0.05) is 13.0 Å². The molecular weight excluding hydrogens is 362 g/mol. The van der Waals surface area contributed by atoms with E-state index < -0.39 is 11.9 Å². The maximum absolute atomic E-state index is 12.3. The van der Waals surface area contributed by atoms with Crippen LogP contribution in [-0.4, -0.2) is 46.5 Å². The number of carboxylic acid groups (broad SMARTS) is 1. The number of carbonyl (C=O) groups excluding carboxylic acids is 1. The summed E-state index contributed by atoms with van der Waals surface area (Å²) >= 11 is 1.40. The SMILES string of the molecule is Cc1cc(C)c(-c2csc(NC(=O)CN3C[C@@H](C)[C@H](C(=O)O)C3)n2)cc1C. The molecular formula is C20H25N3O3S. The topological polar surface area (TPSA) is 82.5 Å². The highest BCUT2D eigenvalue weighted by Gasteiger charge is 2.35. The summed E-state index contributed by atoms with van der Waals surface area (Å²) in [5.74, 6) is -1.31. The van der Waals surface area contributed by atoms with Crippen LogP contribution in [-0.2, 0) is 9.59 Å². The fourth-order valence-electron chi connectivity index (χ4n) is 3.57. The van der Waals surface area contributed by atoms with Crippen molar-refractivity contribution < 1.29 is 14.7 Å². The van der Waals surface area contributed by atoms with Crippen LogP contribution in [0.5, 0.6) is 0 Å². The molecule has 144 valence electrons. The molecule has 0 saturated carbocycles. The quantitative estimate of drug-likeness (QED) is 0.822. The summed E-state index contributed by atoms with van der Waals surface area (Å²) in [6, 6.07) is 4.28. The van der Waals surface area contributed by atoms with Crippen LogP contribution in [0.15, 0.2) is 17.5 Å². The van der Waals surface area contributed by atoms with Crippen LogP contribution in [0, 0.1) is 32.6 Å². The molecule has 0 spiro atoms. The van der Waals surface area contributed by atoms with Crippen molar-refractivity contribution in [2.75, 3.05) is 25.0 Å². The van der Waals surface area contributed by atoms with Crippen molar-refractivity contribution in [2.45, 2.75) is 27.7 Å². The number of nitrogens with zero attached hydrogens (tertiary/aromatic N) is 2. The molecule has 1 aromatic heterocycles. The van der Waals surface area contributed by atoms with Gasteiger partial charge in [-0.2, -0.15) is 0 Å². The van der Waals surface area contributed by atoms with Gasteiger partial charge in [-0.15, -0.1) is 11.3 Å². The average molecular weight is 388 g/mol. The number of anilines is 1. The zero-order chi connectivity index (χ0) is 19.7. The van der Waals surface area contributed by atoms with E-state index in [2.05, 4.69) is 43.2 Å². The highest BCUT2D eigenvalue weighted by atomic mass is 32.1. The fraction of sp³-hybridized carbons (Fsp3) is 0.450. The lowest BCUT2D eigenvalue weighted by atomic mass is 9.99. The van der Waals surface area contributed by atoms with Gasteiger partial charge in [0.15, 0.2) is 5.13 Å². The van der Waals surface area contributed by atoms with E-state index in [-0.39, 0.29) is 18.4 Å². The van der Waals surface area contributed by atoms with E-state index in [1.807, 2.05) is 17.2 Å². The van der Waals surface area contributed by atoms with Gasteiger partial charge in [-0.25, -0.2) is 4.98 Å². The summed E-state index contributed by atoms with van der Waals surface area (Å²) in [6.07, 6.45) is 0. The first kappa shape index (κ1) is 19.5. The molecule has 27 heavy (non-hydrogen) atoms. The molecule has 2 heterocycles. The third-order valence-electron chi connectivity index (χ3n) is 5.24. The van der Waals surface area contributed by atoms with Gasteiger partial charge in [0, 0.05) is 24.0 Å². The zero-order valence-electron chi connectivity index (χ0n) is 16.1. The largest absolute Gasteiger partial charge is 0.481 e. The number of aliphatic carboxylic acids is 1. The second kappa shape index (κ2) is 7.78. The average Bonchev–Trinajstić information content (AvgIpc) is 3.17. The predicted molar refractivity (Wildman–Crippen MR) is 107 cm³/mol. The predicted octanol–water partition coefficient (Wildman–Crippen LogP) is 3.33. The number of amides is 1. The van der Waals surface area contributed by atoms with Crippen molar-refractivity contribution in [3.63, 3.8) is 0 Å². The number of thiazole rings is 1. The Balaban J connectivity index is 1.64. The summed E-state index contributed by atoms with van der Waals surface area (Å²) in [5, 5.41) is 14.6. The third kappa shape index (κ3) is 4.36. The summed E-state index contributed by atoms with van der Waals surface area (Å²) in [5.41, 5.74) is 5.56. The molecule has 2 atom stereocenters. The van der Waals surface area contributed by atoms with E-state index in [0.29, 0.717) is 18.2 Å². The molecule has 3 rings (SSSR count). The zero-order valence-corrected chi connectivity index (χ0v) is 16.9. The van der Waals surface area contributed by atoms with Gasteiger partial charge in [-0.3, -0.25) is 14.5 Å². The van der Waals surface area contributed by atoms with Crippen LogP contribution < -0.4 is 5.32 Å². The Labute approximate surface area is 163 Å². The van der Waals surface area contributed by atoms with Gasteiger partial charge in [0.2, 0.25) is 5.91 Å². The molecule has 1 aliphatic rings. The number of nitrogens with one attached hydrogen (secondary N) is 1. The lowest BCUT2D eigenvalue weighted by molar-refractivity contribution is -0.142. The minimum Gasteiger partial charge on any atom is -0.481 e. The number of aromatic nitrogens is 1. The normalized spacial score (nSPS) is 20.0. The molecule has 6 nitrogen and oxygen atoms in total. The van der Waals surface area contributed by atoms with Crippen LogP contribution in [0.25, 0.3) is 11.3 Å². The van der Waals surface area contributed by atoms with Crippen LogP contribution in [0.2, 0.25) is 0 Å². The molecule has 1 amide bonds. The maximum Gasteiger partial charge on any atom is 0.308 e. The van der Waals surface area contributed by atoms with E-state index in [9.17, 15) is 14.7 Å². The van der Waals surface area contributed by atoms with Gasteiger partial charge in [0.1, 0.15) is 0 Å². The van der Waals surface area contributed by atoms with Crippen molar-refractivity contribution in [1.29, 1.82) is 0 Å². The number of likely N-dealkylation sites (tertiary alicyclic amines) is 1. The lowest BCUT2D eigenvalue weighted by Gasteiger charge is -2.13. The number of hydrogen-bond donors (Lipinski definition) is 2. The number of carbonyl (C=O) groups is 2. The minimum absolute atomic E-state index is 0.0505. The fourth-order valence-corrected chi connectivity index (χ4v) is 4.30. The van der Waals surface area contributed by atoms with Crippen molar-refractivity contribution >= 4 is 28.3 Å². The second-order valence-electron chi connectivity index (χ2n) is 7.45. The van der Waals surface area contributed by atoms with E-state index in [4.69, 9.17) is 0 Å². The third-order valence-corrected chi connectivity index (χ3v) is 6.00. The van der Waals surface area contributed by atoms with Crippen LogP contribution in [0.1, 0.15) is 23.6 Å². The molecule has 1 aromatic carbocycles. The van der Waals surface area contributed by atoms with E-state index in [0.717, 1.165) is 16.8 Å². The van der Waals surface area contributed by atoms with Gasteiger partial charge in [0.05, 0.1) is 18.2 Å². The molecule has 0 bridgehead atoms. The standard InChI is InChI=1S/C20H25N3O3S/c1-11-5-13(3)15(6-12(11)2)17-10-27-20(21-17)22-18(24)9-23-7-14(4)16(8-23)19(25)26/h5-6,10,14,16H,7-9H2,1-4H3,(H,25,26)(H,21,22,24)/t14-,16-/m1/s1. The number of benzene rings is 1. The number of aryl methyl sites for hydroxylation is 3. The number of hydrogen-bond acceptors (Lipinski definition) is 5. The van der Waals surface area contributed by atoms with Crippen molar-refractivity contribution in [3.8, 4) is 11.3 Å². The highest BCUT2D eigenvalue weighted by Crippen LogP contribution is 2.29. The molecule has 2 N–H and O–H groups in total. The van der Waals surface area contributed by atoms with Gasteiger partial charge in [-0.05, 0) is 49.4 Å². The molecule has 0 aliphatic carbocycles. The second-order valence-corrected chi connectivity index (χ2v) is 8.31. The Morgan fingerprint density at radius 2 is 1.93 bits per heavy atom. The molecule has 1 saturated heterocycles. The van der Waals surface area contributed by atoms with Gasteiger partial charge in [0.25, 0.3) is 0 Å². The Bertz CT molecular complexity index is 877. The summed E-state index contributed by atoms with van der Waals surface area (Å²) < 4.78 is 0. The van der Waals surface area contributed by atoms with Crippen LogP contribution in [0.3, 0.4) is 0 Å². The molecule has 7 heteroatoms. The van der Waals surface area contributed by atoms with E-state index in [1.165, 1.54) is 22.5 Å². The molecule has 0 unspecified atom stereocenters. The molecule has 1 aliphatic heterocycles. The first-order valence-electron chi connectivity index (χ1n) is 9.03. The van der Waals surface area contributed by atoms with Gasteiger partial charge < -0.3 is 10.4 Å². The summed E-state index contributed by atoms with van der Waals surface area (Å²) in [7, 11) is 0. The Morgan fingerprint density at radius 3 is 2.59 bits per heavy atom. The molecule has 2 aromatic rings. The molecule has 1 fully saturated rings. The van der Waals surface area contributed by atoms with Crippen molar-refractivity contribution in [2.24, 2.45) is 11.8 Å². The Hall–Kier alpha value is -2.25. The van der Waals surface area contributed by atoms with Crippen LogP contribution in [0.4, 0.5) is 5.13 Å². The van der Waals surface area contributed by atoms with E-state index >= 15 is 0 Å². The number of carboxylic acids is 1. The summed E-state index contributed by atoms with van der Waals surface area (Å²) in [4.78, 5) is 30.0. The summed E-state index contributed by atoms with van der Waals surface area (Å²) in [6.45, 7) is 9.36. The maximum atomic E-state index is 12.3. The molecule has 0 radical (unpaired) electrons.